The maximum Gasteiger partial charge on any atom is 0.218 e. The molecule has 2 unspecified atom stereocenters. The molecule has 0 aromatic heterocycles. The summed E-state index contributed by atoms with van der Waals surface area (Å²) in [6.45, 7) is 6.60. The topological polar surface area (TPSA) is 58.4 Å². The SMILES string of the molecule is CC(CC(N)=O)NC(C)C1CCN(C)CC1. The first kappa shape index (κ1) is 13.5. The fourth-order valence-electron chi connectivity index (χ4n) is 2.47. The number of primary amides is 1. The summed E-state index contributed by atoms with van der Waals surface area (Å²) in [6, 6.07) is 0.662. The zero-order valence-electron chi connectivity index (χ0n) is 10.7. The molecule has 0 aliphatic carbocycles. The van der Waals surface area contributed by atoms with E-state index in [1.807, 2.05) is 6.92 Å². The molecule has 4 heteroatoms. The maximum atomic E-state index is 10.8. The van der Waals surface area contributed by atoms with Gasteiger partial charge in [0, 0.05) is 18.5 Å². The number of rotatable bonds is 5. The molecule has 1 fully saturated rings. The minimum atomic E-state index is -0.226. The Hall–Kier alpha value is -0.610. The summed E-state index contributed by atoms with van der Waals surface area (Å²) in [7, 11) is 2.17. The second-order valence-corrected chi connectivity index (χ2v) is 5.17. The highest BCUT2D eigenvalue weighted by Gasteiger charge is 2.23. The second kappa shape index (κ2) is 6.21. The lowest BCUT2D eigenvalue weighted by atomic mass is 9.90. The van der Waals surface area contributed by atoms with Crippen LogP contribution in [0, 0.1) is 5.92 Å². The molecule has 94 valence electrons. The Morgan fingerprint density at radius 3 is 2.50 bits per heavy atom. The van der Waals surface area contributed by atoms with Crippen LogP contribution in [0.5, 0.6) is 0 Å². The highest BCUT2D eigenvalue weighted by atomic mass is 16.1. The lowest BCUT2D eigenvalue weighted by Gasteiger charge is -2.34. The van der Waals surface area contributed by atoms with Gasteiger partial charge in [0.25, 0.3) is 0 Å². The highest BCUT2D eigenvalue weighted by Crippen LogP contribution is 2.19. The summed E-state index contributed by atoms with van der Waals surface area (Å²) in [5, 5.41) is 3.48. The first-order valence-corrected chi connectivity index (χ1v) is 6.22. The summed E-state index contributed by atoms with van der Waals surface area (Å²) in [4.78, 5) is 13.2. The Balaban J connectivity index is 2.28. The molecule has 1 saturated heterocycles. The van der Waals surface area contributed by atoms with Gasteiger partial charge in [0.05, 0.1) is 0 Å². The Labute approximate surface area is 98.6 Å². The van der Waals surface area contributed by atoms with E-state index in [9.17, 15) is 4.79 Å². The number of carbonyl (C=O) groups is 1. The predicted octanol–water partition coefficient (Wildman–Crippen LogP) is 0.570. The highest BCUT2D eigenvalue weighted by molar-refractivity contribution is 5.74. The van der Waals surface area contributed by atoms with Crippen molar-refractivity contribution in [3.8, 4) is 0 Å². The standard InChI is InChI=1S/C12H25N3O/c1-9(8-12(13)16)14-10(2)11-4-6-15(3)7-5-11/h9-11,14H,4-8H2,1-3H3,(H2,13,16). The van der Waals surface area contributed by atoms with Gasteiger partial charge < -0.3 is 16.0 Å². The Kier molecular flexibility index (Phi) is 5.22. The average Bonchev–Trinajstić information content (AvgIpc) is 2.16. The van der Waals surface area contributed by atoms with Gasteiger partial charge in [-0.3, -0.25) is 4.79 Å². The Morgan fingerprint density at radius 2 is 2.00 bits per heavy atom. The summed E-state index contributed by atoms with van der Waals surface area (Å²) in [5.74, 6) is 0.502. The molecule has 1 rings (SSSR count). The average molecular weight is 227 g/mol. The predicted molar refractivity (Wildman–Crippen MR) is 66.1 cm³/mol. The van der Waals surface area contributed by atoms with Crippen molar-refractivity contribution < 1.29 is 4.79 Å². The van der Waals surface area contributed by atoms with Gasteiger partial charge in [0.15, 0.2) is 0 Å². The quantitative estimate of drug-likeness (QED) is 0.722. The molecule has 0 spiro atoms. The van der Waals surface area contributed by atoms with Crippen LogP contribution < -0.4 is 11.1 Å². The normalized spacial score (nSPS) is 22.9. The minimum absolute atomic E-state index is 0.187. The van der Waals surface area contributed by atoms with Crippen LogP contribution in [0.25, 0.3) is 0 Å². The first-order chi connectivity index (χ1) is 7.49. The van der Waals surface area contributed by atoms with Crippen molar-refractivity contribution >= 4 is 5.91 Å². The molecule has 16 heavy (non-hydrogen) atoms. The number of hydrogen-bond donors (Lipinski definition) is 2. The molecule has 1 aliphatic heterocycles. The molecule has 0 saturated carbocycles. The van der Waals surface area contributed by atoms with Crippen molar-refractivity contribution in [2.45, 2.75) is 45.2 Å². The fourth-order valence-corrected chi connectivity index (χ4v) is 2.47. The monoisotopic (exact) mass is 227 g/mol. The fraction of sp³-hybridized carbons (Fsp3) is 0.917. The number of piperidine rings is 1. The van der Waals surface area contributed by atoms with Gasteiger partial charge in [-0.25, -0.2) is 0 Å². The van der Waals surface area contributed by atoms with Gasteiger partial charge in [-0.05, 0) is 52.7 Å². The van der Waals surface area contributed by atoms with Gasteiger partial charge in [0.2, 0.25) is 5.91 Å². The molecule has 0 bridgehead atoms. The van der Waals surface area contributed by atoms with E-state index in [1.54, 1.807) is 0 Å². The van der Waals surface area contributed by atoms with Crippen molar-refractivity contribution in [3.63, 3.8) is 0 Å². The third-order valence-corrected chi connectivity index (χ3v) is 3.53. The third kappa shape index (κ3) is 4.49. The van der Waals surface area contributed by atoms with Crippen molar-refractivity contribution in [1.29, 1.82) is 0 Å². The number of nitrogens with two attached hydrogens (primary N) is 1. The van der Waals surface area contributed by atoms with Crippen molar-refractivity contribution in [1.82, 2.24) is 10.2 Å². The number of carbonyl (C=O) groups excluding carboxylic acids is 1. The molecule has 0 aromatic carbocycles. The van der Waals surface area contributed by atoms with Crippen molar-refractivity contribution in [3.05, 3.63) is 0 Å². The van der Waals surface area contributed by atoms with Gasteiger partial charge >= 0.3 is 0 Å². The smallest absolute Gasteiger partial charge is 0.218 e. The molecule has 0 aromatic rings. The summed E-state index contributed by atoms with van der Waals surface area (Å²) in [6.07, 6.45) is 2.92. The number of likely N-dealkylation sites (tertiary alicyclic amines) is 1. The molecule has 1 heterocycles. The van der Waals surface area contributed by atoms with Crippen LogP contribution in [-0.2, 0) is 4.79 Å². The zero-order valence-corrected chi connectivity index (χ0v) is 10.7. The summed E-state index contributed by atoms with van der Waals surface area (Å²) in [5.41, 5.74) is 5.18. The molecular formula is C12H25N3O. The number of nitrogens with zero attached hydrogens (tertiary/aromatic N) is 1. The molecule has 2 atom stereocenters. The van der Waals surface area contributed by atoms with Crippen LogP contribution >= 0.6 is 0 Å². The molecule has 3 N–H and O–H groups in total. The van der Waals surface area contributed by atoms with E-state index in [0.29, 0.717) is 12.5 Å². The van der Waals surface area contributed by atoms with E-state index >= 15 is 0 Å². The van der Waals surface area contributed by atoms with Crippen LogP contribution in [0.1, 0.15) is 33.1 Å². The van der Waals surface area contributed by atoms with Crippen LogP contribution in [0.2, 0.25) is 0 Å². The number of hydrogen-bond acceptors (Lipinski definition) is 3. The van der Waals surface area contributed by atoms with E-state index in [0.717, 1.165) is 5.92 Å². The number of amides is 1. The third-order valence-electron chi connectivity index (χ3n) is 3.53. The lowest BCUT2D eigenvalue weighted by molar-refractivity contribution is -0.118. The Morgan fingerprint density at radius 1 is 1.44 bits per heavy atom. The lowest BCUT2D eigenvalue weighted by Crippen LogP contribution is -2.44. The summed E-state index contributed by atoms with van der Waals surface area (Å²) < 4.78 is 0. The van der Waals surface area contributed by atoms with Gasteiger partial charge in [-0.15, -0.1) is 0 Å². The van der Waals surface area contributed by atoms with E-state index in [-0.39, 0.29) is 11.9 Å². The van der Waals surface area contributed by atoms with Crippen LogP contribution in [0.4, 0.5) is 0 Å². The maximum absolute atomic E-state index is 10.8. The molecule has 1 aliphatic rings. The van der Waals surface area contributed by atoms with Gasteiger partial charge in [-0.1, -0.05) is 0 Å². The van der Waals surface area contributed by atoms with E-state index in [1.165, 1.54) is 25.9 Å². The van der Waals surface area contributed by atoms with Crippen molar-refractivity contribution in [2.24, 2.45) is 11.7 Å². The largest absolute Gasteiger partial charge is 0.370 e. The van der Waals surface area contributed by atoms with Gasteiger partial charge in [0.1, 0.15) is 0 Å². The van der Waals surface area contributed by atoms with E-state index < -0.39 is 0 Å². The van der Waals surface area contributed by atoms with Gasteiger partial charge in [-0.2, -0.15) is 0 Å². The molecule has 4 nitrogen and oxygen atoms in total. The minimum Gasteiger partial charge on any atom is -0.370 e. The molecule has 0 radical (unpaired) electrons. The second-order valence-electron chi connectivity index (χ2n) is 5.17. The zero-order chi connectivity index (χ0) is 12.1. The van der Waals surface area contributed by atoms with Crippen LogP contribution in [0.15, 0.2) is 0 Å². The van der Waals surface area contributed by atoms with Crippen LogP contribution in [-0.4, -0.2) is 43.0 Å². The summed E-state index contributed by atoms with van der Waals surface area (Å²) >= 11 is 0. The Bertz CT molecular complexity index is 224. The first-order valence-electron chi connectivity index (χ1n) is 6.22. The van der Waals surface area contributed by atoms with Crippen LogP contribution in [0.3, 0.4) is 0 Å². The van der Waals surface area contributed by atoms with Crippen molar-refractivity contribution in [2.75, 3.05) is 20.1 Å². The molecule has 1 amide bonds. The van der Waals surface area contributed by atoms with E-state index in [2.05, 4.69) is 24.2 Å². The molecular weight excluding hydrogens is 202 g/mol. The van der Waals surface area contributed by atoms with E-state index in [4.69, 9.17) is 5.73 Å². The number of nitrogens with one attached hydrogen (secondary N) is 1.